The number of aromatic amines is 1. The van der Waals surface area contributed by atoms with Crippen molar-refractivity contribution in [2.75, 3.05) is 26.1 Å². The van der Waals surface area contributed by atoms with Gasteiger partial charge in [0.2, 0.25) is 0 Å². The fourth-order valence-electron chi connectivity index (χ4n) is 2.47. The summed E-state index contributed by atoms with van der Waals surface area (Å²) >= 11 is 10.5. The molecule has 1 fully saturated rings. The molecule has 6 nitrogen and oxygen atoms in total. The van der Waals surface area contributed by atoms with Crippen LogP contribution in [-0.4, -0.2) is 47.3 Å². The summed E-state index contributed by atoms with van der Waals surface area (Å²) in [5.74, 6) is -0.960. The van der Waals surface area contributed by atoms with E-state index in [-0.39, 0.29) is 50.4 Å². The van der Waals surface area contributed by atoms with E-state index in [1.54, 1.807) is 6.26 Å². The largest absolute Gasteiger partial charge is 0.485 e. The number of aliphatic hydroxyl groups excluding tert-OH is 1. The molecule has 0 amide bonds. The van der Waals surface area contributed by atoms with E-state index >= 15 is 0 Å². The van der Waals surface area contributed by atoms with Crippen molar-refractivity contribution in [2.24, 2.45) is 5.92 Å². The zero-order chi connectivity index (χ0) is 17.4. The van der Waals surface area contributed by atoms with Gasteiger partial charge in [0.25, 0.3) is 5.56 Å². The van der Waals surface area contributed by atoms with Crippen molar-refractivity contribution in [3.8, 4) is 5.75 Å². The van der Waals surface area contributed by atoms with Crippen molar-refractivity contribution in [3.05, 3.63) is 25.7 Å². The fraction of sp³-hybridized carbons (Fsp3) is 0.429. The molecule has 1 saturated heterocycles. The Morgan fingerprint density at radius 3 is 3.00 bits per heavy atom. The average Bonchev–Trinajstić information content (AvgIpc) is 3.03. The van der Waals surface area contributed by atoms with Crippen LogP contribution < -0.4 is 10.3 Å². The van der Waals surface area contributed by atoms with E-state index in [1.807, 2.05) is 0 Å². The van der Waals surface area contributed by atoms with E-state index in [2.05, 4.69) is 25.9 Å². The summed E-state index contributed by atoms with van der Waals surface area (Å²) in [7, 11) is 0. The molecule has 2 aromatic rings. The first-order chi connectivity index (χ1) is 11.5. The number of aromatic nitrogens is 2. The second-order valence-electron chi connectivity index (χ2n) is 5.21. The zero-order valence-corrected chi connectivity index (χ0v) is 15.6. The molecule has 1 aromatic heterocycles. The van der Waals surface area contributed by atoms with Crippen LogP contribution in [-0.2, 0) is 4.74 Å². The van der Waals surface area contributed by atoms with Gasteiger partial charge in [0.1, 0.15) is 22.0 Å². The van der Waals surface area contributed by atoms with Crippen molar-refractivity contribution in [2.45, 2.75) is 11.3 Å². The molecule has 24 heavy (non-hydrogen) atoms. The first kappa shape index (κ1) is 17.9. The van der Waals surface area contributed by atoms with Gasteiger partial charge >= 0.3 is 0 Å². The summed E-state index contributed by atoms with van der Waals surface area (Å²) < 4.78 is 25.6. The molecule has 0 spiro atoms. The summed E-state index contributed by atoms with van der Waals surface area (Å²) in [4.78, 5) is 19.1. The minimum atomic E-state index is -0.731. The van der Waals surface area contributed by atoms with Crippen LogP contribution >= 0.6 is 39.3 Å². The second kappa shape index (κ2) is 7.17. The third kappa shape index (κ3) is 3.03. The topological polar surface area (TPSA) is 84.4 Å². The predicted octanol–water partition coefficient (Wildman–Crippen LogP) is 2.59. The van der Waals surface area contributed by atoms with Gasteiger partial charge < -0.3 is 19.6 Å². The van der Waals surface area contributed by atoms with E-state index in [4.69, 9.17) is 21.1 Å². The van der Waals surface area contributed by atoms with Crippen LogP contribution in [0.15, 0.2) is 14.4 Å². The Morgan fingerprint density at radius 2 is 2.33 bits per heavy atom. The maximum absolute atomic E-state index is 14.5. The number of nitrogens with one attached hydrogen (secondary N) is 1. The lowest BCUT2D eigenvalue weighted by Crippen LogP contribution is -2.28. The molecular weight excluding hydrogens is 427 g/mol. The number of halogens is 3. The number of ether oxygens (including phenoxy) is 2. The van der Waals surface area contributed by atoms with E-state index in [0.717, 1.165) is 0 Å². The molecule has 2 atom stereocenters. The van der Waals surface area contributed by atoms with Gasteiger partial charge in [-0.2, -0.15) is 0 Å². The Kier molecular flexibility index (Phi) is 5.36. The van der Waals surface area contributed by atoms with Crippen LogP contribution in [0.3, 0.4) is 0 Å². The molecule has 1 aromatic carbocycles. The number of fused-ring (bicyclic) bond motifs is 1. The van der Waals surface area contributed by atoms with Crippen molar-refractivity contribution >= 4 is 50.2 Å². The molecule has 1 aliphatic rings. The molecule has 3 rings (SSSR count). The average molecular weight is 440 g/mol. The Morgan fingerprint density at radius 1 is 1.58 bits per heavy atom. The summed E-state index contributed by atoms with van der Waals surface area (Å²) in [6.45, 7) is 0.449. The van der Waals surface area contributed by atoms with Crippen LogP contribution in [0.1, 0.15) is 0 Å². The first-order valence-corrected chi connectivity index (χ1v) is 9.37. The summed E-state index contributed by atoms with van der Waals surface area (Å²) in [5.41, 5.74) is -0.680. The molecule has 0 bridgehead atoms. The molecule has 130 valence electrons. The van der Waals surface area contributed by atoms with Crippen molar-refractivity contribution in [3.63, 3.8) is 0 Å². The number of hydrogen-bond donors (Lipinski definition) is 2. The van der Waals surface area contributed by atoms with Gasteiger partial charge in [-0.05, 0) is 22.2 Å². The lowest BCUT2D eigenvalue weighted by molar-refractivity contribution is 0.121. The van der Waals surface area contributed by atoms with Crippen LogP contribution in [0.2, 0.25) is 5.02 Å². The number of nitrogens with zero attached hydrogens (tertiary/aromatic N) is 1. The van der Waals surface area contributed by atoms with Gasteiger partial charge in [-0.15, -0.1) is 0 Å². The van der Waals surface area contributed by atoms with Gasteiger partial charge in [-0.25, -0.2) is 9.37 Å². The minimum absolute atomic E-state index is 0.0234. The molecule has 2 heterocycles. The Bertz CT molecular complexity index is 850. The second-order valence-corrected chi connectivity index (χ2v) is 7.17. The van der Waals surface area contributed by atoms with Gasteiger partial charge in [-0.1, -0.05) is 23.4 Å². The number of H-pyrrole nitrogens is 1. The number of thioether (sulfide) groups is 1. The highest BCUT2D eigenvalue weighted by Crippen LogP contribution is 2.41. The van der Waals surface area contributed by atoms with Gasteiger partial charge in [-0.3, -0.25) is 4.79 Å². The van der Waals surface area contributed by atoms with Crippen LogP contribution in [0.4, 0.5) is 4.39 Å². The summed E-state index contributed by atoms with van der Waals surface area (Å²) in [6.07, 6.45) is 1.22. The van der Waals surface area contributed by atoms with E-state index in [0.29, 0.717) is 6.61 Å². The van der Waals surface area contributed by atoms with Crippen LogP contribution in [0, 0.1) is 11.7 Å². The Hall–Kier alpha value is -0.870. The minimum Gasteiger partial charge on any atom is -0.485 e. The Balaban J connectivity index is 2.21. The van der Waals surface area contributed by atoms with E-state index in [1.165, 1.54) is 11.8 Å². The molecule has 2 N–H and O–H groups in total. The van der Waals surface area contributed by atoms with Crippen LogP contribution in [0.25, 0.3) is 10.9 Å². The summed E-state index contributed by atoms with van der Waals surface area (Å²) in [6, 6.07) is 0. The quantitative estimate of drug-likeness (QED) is 0.433. The third-order valence-electron chi connectivity index (χ3n) is 3.75. The van der Waals surface area contributed by atoms with Gasteiger partial charge in [0.05, 0.1) is 24.3 Å². The van der Waals surface area contributed by atoms with Crippen molar-refractivity contribution in [1.82, 2.24) is 9.97 Å². The van der Waals surface area contributed by atoms with Gasteiger partial charge in [0, 0.05) is 5.92 Å². The van der Waals surface area contributed by atoms with Crippen molar-refractivity contribution in [1.29, 1.82) is 0 Å². The molecule has 0 saturated carbocycles. The number of benzene rings is 1. The lowest BCUT2D eigenvalue weighted by atomic mass is 10.1. The molecule has 10 heteroatoms. The smallest absolute Gasteiger partial charge is 0.263 e. The van der Waals surface area contributed by atoms with Crippen LogP contribution in [0.5, 0.6) is 5.75 Å². The molecular formula is C14H13BrClFN2O4S. The highest BCUT2D eigenvalue weighted by Gasteiger charge is 2.32. The predicted molar refractivity (Wildman–Crippen MR) is 92.6 cm³/mol. The summed E-state index contributed by atoms with van der Waals surface area (Å²) in [5, 5.41) is 9.53. The Labute approximate surface area is 153 Å². The maximum atomic E-state index is 14.5. The monoisotopic (exact) mass is 438 g/mol. The molecule has 0 aliphatic carbocycles. The number of hydrogen-bond acceptors (Lipinski definition) is 6. The number of aliphatic hydroxyl groups is 1. The van der Waals surface area contributed by atoms with Gasteiger partial charge in [0.15, 0.2) is 16.7 Å². The zero-order valence-electron chi connectivity index (χ0n) is 12.4. The SMILES string of the molecule is CSc1nc2c(F)c(Br)c(Cl)c(OC3COCC3CO)c2c(=O)[nH]1. The third-order valence-corrected chi connectivity index (χ3v) is 5.67. The maximum Gasteiger partial charge on any atom is 0.263 e. The molecule has 1 aliphatic heterocycles. The highest BCUT2D eigenvalue weighted by atomic mass is 79.9. The highest BCUT2D eigenvalue weighted by molar-refractivity contribution is 9.10. The van der Waals surface area contributed by atoms with Crippen molar-refractivity contribution < 1.29 is 19.0 Å². The standard InChI is InChI=1S/C14H13BrClFN2O4S/c1-24-14-18-11-7(13(21)19-14)12(9(16)8(15)10(11)17)23-6-4-22-3-5(6)2-20/h5-6,20H,2-4H2,1H3,(H,18,19,21). The van der Waals surface area contributed by atoms with E-state index in [9.17, 15) is 14.3 Å². The first-order valence-electron chi connectivity index (χ1n) is 6.97. The number of rotatable bonds is 4. The normalized spacial score (nSPS) is 20.7. The van der Waals surface area contributed by atoms with E-state index < -0.39 is 17.5 Å². The molecule has 2 unspecified atom stereocenters. The lowest BCUT2D eigenvalue weighted by Gasteiger charge is -2.20. The molecule has 0 radical (unpaired) electrons. The fourth-order valence-corrected chi connectivity index (χ4v) is 3.44.